The Balaban J connectivity index is 1.75. The van der Waals surface area contributed by atoms with Gasteiger partial charge in [0.15, 0.2) is 11.6 Å². The average molecular weight is 535 g/mol. The normalized spacial score (nSPS) is 27.5. The first-order valence-electron chi connectivity index (χ1n) is 13.4. The lowest BCUT2D eigenvalue weighted by Crippen LogP contribution is -2.45. The lowest BCUT2D eigenvalue weighted by Gasteiger charge is -2.35. The molecule has 0 unspecified atom stereocenters. The topological polar surface area (TPSA) is 103 Å². The van der Waals surface area contributed by atoms with Crippen molar-refractivity contribution >= 4 is 17.6 Å². The minimum Gasteiger partial charge on any atom is -0.496 e. The molecule has 0 aromatic heterocycles. The number of methoxy groups -OCH3 is 2. The molecule has 2 aliphatic carbocycles. The Morgan fingerprint density at radius 3 is 2.26 bits per heavy atom. The first-order chi connectivity index (χ1) is 17.8. The van der Waals surface area contributed by atoms with E-state index in [2.05, 4.69) is 10.6 Å². The van der Waals surface area contributed by atoms with Crippen LogP contribution in [0.4, 0.5) is 4.39 Å². The van der Waals surface area contributed by atoms with E-state index in [1.807, 2.05) is 27.7 Å². The second-order valence-electron chi connectivity index (χ2n) is 12.2. The fourth-order valence-electron chi connectivity index (χ4n) is 5.21. The van der Waals surface area contributed by atoms with Gasteiger partial charge < -0.3 is 24.8 Å². The number of hydrogen-bond donors (Lipinski definition) is 2. The van der Waals surface area contributed by atoms with Crippen LogP contribution >= 0.6 is 0 Å². The molecule has 3 rings (SSSR count). The summed E-state index contributed by atoms with van der Waals surface area (Å²) < 4.78 is 31.7. The molecule has 2 fully saturated rings. The molecule has 0 bridgehead atoms. The zero-order valence-corrected chi connectivity index (χ0v) is 23.7. The van der Waals surface area contributed by atoms with Crippen molar-refractivity contribution in [1.82, 2.24) is 10.6 Å². The molecule has 8 nitrogen and oxygen atoms in total. The van der Waals surface area contributed by atoms with E-state index in [-0.39, 0.29) is 51.8 Å². The monoisotopic (exact) mass is 534 g/mol. The third-order valence-corrected chi connectivity index (χ3v) is 7.98. The molecule has 0 saturated heterocycles. The van der Waals surface area contributed by atoms with Gasteiger partial charge in [-0.1, -0.05) is 27.7 Å². The number of Topliss-reactive ketones (excluding diaryl/α,β-unsaturated/α-hetero) is 1. The predicted octanol–water partition coefficient (Wildman–Crippen LogP) is 4.44. The van der Waals surface area contributed by atoms with Gasteiger partial charge in [0, 0.05) is 31.2 Å². The number of halogens is 1. The molecule has 38 heavy (non-hydrogen) atoms. The minimum absolute atomic E-state index is 0.0342. The van der Waals surface area contributed by atoms with E-state index in [0.717, 1.165) is 6.07 Å². The molecule has 1 aromatic carbocycles. The van der Waals surface area contributed by atoms with Crippen molar-refractivity contribution in [3.05, 3.63) is 23.5 Å². The molecule has 2 aliphatic rings. The molecule has 1 aromatic rings. The summed E-state index contributed by atoms with van der Waals surface area (Å²) in [5.41, 5.74) is -0.322. The molecule has 212 valence electrons. The lowest BCUT2D eigenvalue weighted by molar-refractivity contribution is -0.128. The third-order valence-electron chi connectivity index (χ3n) is 7.98. The van der Waals surface area contributed by atoms with Crippen LogP contribution in [0.15, 0.2) is 12.1 Å². The summed E-state index contributed by atoms with van der Waals surface area (Å²) in [5.74, 6) is -1.49. The molecule has 3 atom stereocenters. The minimum atomic E-state index is -0.627. The Labute approximate surface area is 225 Å². The summed E-state index contributed by atoms with van der Waals surface area (Å²) in [7, 11) is 2.96. The third kappa shape index (κ3) is 7.24. The summed E-state index contributed by atoms with van der Waals surface area (Å²) in [6, 6.07) is 2.06. The Morgan fingerprint density at radius 2 is 1.71 bits per heavy atom. The van der Waals surface area contributed by atoms with Crippen LogP contribution in [0.3, 0.4) is 0 Å². The Hall–Kier alpha value is -2.68. The quantitative estimate of drug-likeness (QED) is 0.486. The first-order valence-corrected chi connectivity index (χ1v) is 13.4. The van der Waals surface area contributed by atoms with Gasteiger partial charge in [-0.25, -0.2) is 4.39 Å². The van der Waals surface area contributed by atoms with Gasteiger partial charge in [-0.15, -0.1) is 0 Å². The lowest BCUT2D eigenvalue weighted by atomic mass is 9.72. The summed E-state index contributed by atoms with van der Waals surface area (Å²) in [4.78, 5) is 38.3. The van der Waals surface area contributed by atoms with Crippen molar-refractivity contribution < 1.29 is 33.0 Å². The number of hydrogen-bond acceptors (Lipinski definition) is 6. The average Bonchev–Trinajstić information content (AvgIpc) is 3.27. The van der Waals surface area contributed by atoms with Crippen LogP contribution in [0.5, 0.6) is 11.5 Å². The summed E-state index contributed by atoms with van der Waals surface area (Å²) in [6.45, 7) is 10.2. The van der Waals surface area contributed by atoms with E-state index in [4.69, 9.17) is 14.2 Å². The van der Waals surface area contributed by atoms with Gasteiger partial charge in [0.2, 0.25) is 5.91 Å². The van der Waals surface area contributed by atoms with Crippen LogP contribution in [-0.2, 0) is 14.3 Å². The smallest absolute Gasteiger partial charge is 0.255 e. The van der Waals surface area contributed by atoms with Gasteiger partial charge in [0.05, 0.1) is 30.8 Å². The van der Waals surface area contributed by atoms with Crippen LogP contribution in [0.1, 0.15) is 83.5 Å². The largest absolute Gasteiger partial charge is 0.496 e. The van der Waals surface area contributed by atoms with Crippen LogP contribution in [-0.4, -0.2) is 56.6 Å². The van der Waals surface area contributed by atoms with Crippen LogP contribution < -0.4 is 20.1 Å². The van der Waals surface area contributed by atoms with Crippen molar-refractivity contribution in [2.75, 3.05) is 20.8 Å². The van der Waals surface area contributed by atoms with Gasteiger partial charge >= 0.3 is 0 Å². The Bertz CT molecular complexity index is 1030. The second-order valence-corrected chi connectivity index (χ2v) is 12.2. The van der Waals surface area contributed by atoms with E-state index < -0.39 is 23.7 Å². The maximum absolute atomic E-state index is 14.9. The Morgan fingerprint density at radius 1 is 1.05 bits per heavy atom. The van der Waals surface area contributed by atoms with Gasteiger partial charge in [0.25, 0.3) is 5.91 Å². The standard InChI is InChI=1S/C29H43FN2O6/c1-17(33)29(5)10-8-18(9-11-29)38-25-14-21(24(37-7)15-22(25)30)27(35)32-23-13-19(36-6)12-20(23)26(34)31-16-28(2,3)4/h14-15,18-20,23H,8-13,16H2,1-7H3,(H,31,34)(H,32,35)/t18?,19-,20-,23+,29?/m0/s1. The maximum atomic E-state index is 14.9. The molecule has 2 amide bonds. The number of nitrogens with one attached hydrogen (secondary N) is 2. The highest BCUT2D eigenvalue weighted by Crippen LogP contribution is 2.39. The number of benzene rings is 1. The summed E-state index contributed by atoms with van der Waals surface area (Å²) in [6.07, 6.45) is 3.13. The SMILES string of the molecule is COc1cc(F)c(OC2CCC(C)(C(C)=O)CC2)cc1C(=O)N[C@@H]1C[C@@H](OC)C[C@@H]1C(=O)NCC(C)(C)C. The number of ether oxygens (including phenoxy) is 3. The molecule has 0 radical (unpaired) electrons. The molecule has 0 aliphatic heterocycles. The van der Waals surface area contributed by atoms with Gasteiger partial charge in [-0.3, -0.25) is 14.4 Å². The zero-order valence-electron chi connectivity index (χ0n) is 23.7. The van der Waals surface area contributed by atoms with Crippen molar-refractivity contribution in [1.29, 1.82) is 0 Å². The predicted molar refractivity (Wildman–Crippen MR) is 142 cm³/mol. The van der Waals surface area contributed by atoms with Gasteiger partial charge in [0.1, 0.15) is 11.5 Å². The van der Waals surface area contributed by atoms with Crippen molar-refractivity contribution in [2.45, 2.75) is 91.4 Å². The number of carbonyl (C=O) groups is 3. The molecule has 2 N–H and O–H groups in total. The van der Waals surface area contributed by atoms with E-state index in [9.17, 15) is 18.8 Å². The van der Waals surface area contributed by atoms with Crippen molar-refractivity contribution in [3.63, 3.8) is 0 Å². The number of carbonyl (C=O) groups excluding carboxylic acids is 3. The summed E-state index contributed by atoms with van der Waals surface area (Å²) >= 11 is 0. The molecular formula is C29H43FN2O6. The molecule has 0 spiro atoms. The number of amides is 2. The Kier molecular flexibility index (Phi) is 9.44. The van der Waals surface area contributed by atoms with E-state index in [0.29, 0.717) is 45.1 Å². The van der Waals surface area contributed by atoms with E-state index >= 15 is 0 Å². The molecule has 2 saturated carbocycles. The highest BCUT2D eigenvalue weighted by atomic mass is 19.1. The van der Waals surface area contributed by atoms with Gasteiger partial charge in [-0.05, 0) is 56.9 Å². The first kappa shape index (κ1) is 29.9. The number of rotatable bonds is 9. The van der Waals surface area contributed by atoms with E-state index in [1.54, 1.807) is 14.0 Å². The highest BCUT2D eigenvalue weighted by Gasteiger charge is 2.41. The highest BCUT2D eigenvalue weighted by molar-refractivity contribution is 5.98. The summed E-state index contributed by atoms with van der Waals surface area (Å²) in [5, 5.41) is 5.95. The second kappa shape index (κ2) is 12.0. The van der Waals surface area contributed by atoms with E-state index in [1.165, 1.54) is 13.2 Å². The van der Waals surface area contributed by atoms with Crippen molar-refractivity contribution in [2.24, 2.45) is 16.7 Å². The zero-order chi connectivity index (χ0) is 28.3. The van der Waals surface area contributed by atoms with Crippen molar-refractivity contribution in [3.8, 4) is 11.5 Å². The molecular weight excluding hydrogens is 491 g/mol. The fraction of sp³-hybridized carbons (Fsp3) is 0.690. The van der Waals surface area contributed by atoms with Crippen LogP contribution in [0.2, 0.25) is 0 Å². The number of ketones is 1. The molecule has 9 heteroatoms. The fourth-order valence-corrected chi connectivity index (χ4v) is 5.21. The van der Waals surface area contributed by atoms with Crippen LogP contribution in [0, 0.1) is 22.6 Å². The maximum Gasteiger partial charge on any atom is 0.255 e. The molecule has 0 heterocycles. The van der Waals surface area contributed by atoms with Crippen LogP contribution in [0.25, 0.3) is 0 Å². The van der Waals surface area contributed by atoms with Gasteiger partial charge in [-0.2, -0.15) is 0 Å².